The van der Waals surface area contributed by atoms with Crippen LogP contribution in [0.3, 0.4) is 0 Å². The Kier molecular flexibility index (Phi) is 5.66. The fourth-order valence-corrected chi connectivity index (χ4v) is 3.57. The van der Waals surface area contributed by atoms with Crippen molar-refractivity contribution in [3.05, 3.63) is 54.1 Å². The number of likely N-dealkylation sites (N-methyl/N-ethyl adjacent to an activating group) is 1. The van der Waals surface area contributed by atoms with Crippen molar-refractivity contribution in [1.82, 2.24) is 4.98 Å². The molecule has 0 bridgehead atoms. The molecular weight excluding hydrogens is 330 g/mol. The van der Waals surface area contributed by atoms with Gasteiger partial charge in [-0.1, -0.05) is 48.9 Å². The van der Waals surface area contributed by atoms with Gasteiger partial charge < -0.3 is 10.2 Å². The van der Waals surface area contributed by atoms with Crippen molar-refractivity contribution in [3.8, 4) is 0 Å². The van der Waals surface area contributed by atoms with Crippen LogP contribution in [0.2, 0.25) is 0 Å². The summed E-state index contributed by atoms with van der Waals surface area (Å²) in [5.41, 5.74) is 3.12. The molecular formula is C20H23N3OS. The van der Waals surface area contributed by atoms with E-state index >= 15 is 0 Å². The molecule has 0 atom stereocenters. The summed E-state index contributed by atoms with van der Waals surface area (Å²) in [5.74, 6) is -0.0388. The molecule has 4 nitrogen and oxygen atoms in total. The Morgan fingerprint density at radius 2 is 1.92 bits per heavy atom. The predicted octanol–water partition coefficient (Wildman–Crippen LogP) is 4.71. The summed E-state index contributed by atoms with van der Waals surface area (Å²) in [4.78, 5) is 18.8. The molecule has 1 aromatic heterocycles. The molecule has 0 saturated carbocycles. The first-order chi connectivity index (χ1) is 12.2. The number of aryl methyl sites for hydroxylation is 1. The molecule has 130 valence electrons. The van der Waals surface area contributed by atoms with Gasteiger partial charge in [-0.05, 0) is 42.7 Å². The third-order valence-corrected chi connectivity index (χ3v) is 5.20. The lowest BCUT2D eigenvalue weighted by Gasteiger charge is -2.15. The SMILES string of the molecule is CCCCc1ccc(NC(=O)CN(C)c2nc3ccccc3s2)cc1. The molecule has 3 rings (SSSR count). The van der Waals surface area contributed by atoms with Crippen LogP contribution < -0.4 is 10.2 Å². The van der Waals surface area contributed by atoms with Crippen molar-refractivity contribution in [1.29, 1.82) is 0 Å². The van der Waals surface area contributed by atoms with E-state index in [-0.39, 0.29) is 12.5 Å². The Morgan fingerprint density at radius 3 is 2.64 bits per heavy atom. The Bertz CT molecular complexity index is 809. The van der Waals surface area contributed by atoms with Crippen LogP contribution in [-0.4, -0.2) is 24.5 Å². The number of amides is 1. The number of unbranched alkanes of at least 4 members (excludes halogenated alkanes) is 1. The number of nitrogens with one attached hydrogen (secondary N) is 1. The van der Waals surface area contributed by atoms with Gasteiger partial charge in [0.1, 0.15) is 0 Å². The molecule has 25 heavy (non-hydrogen) atoms. The lowest BCUT2D eigenvalue weighted by Crippen LogP contribution is -2.29. The van der Waals surface area contributed by atoms with Crippen LogP contribution in [-0.2, 0) is 11.2 Å². The smallest absolute Gasteiger partial charge is 0.243 e. The first-order valence-electron chi connectivity index (χ1n) is 8.61. The first kappa shape index (κ1) is 17.4. The molecule has 0 aliphatic rings. The van der Waals surface area contributed by atoms with Gasteiger partial charge in [-0.2, -0.15) is 0 Å². The van der Waals surface area contributed by atoms with Gasteiger partial charge in [0.2, 0.25) is 5.91 Å². The van der Waals surface area contributed by atoms with Gasteiger partial charge in [0.25, 0.3) is 0 Å². The summed E-state index contributed by atoms with van der Waals surface area (Å²) in [5, 5.41) is 3.81. The maximum atomic E-state index is 12.3. The molecule has 0 aliphatic carbocycles. The summed E-state index contributed by atoms with van der Waals surface area (Å²) in [6, 6.07) is 16.1. The quantitative estimate of drug-likeness (QED) is 0.669. The third kappa shape index (κ3) is 4.57. The Balaban J connectivity index is 1.58. The highest BCUT2D eigenvalue weighted by Gasteiger charge is 2.12. The third-order valence-electron chi connectivity index (χ3n) is 4.05. The van der Waals surface area contributed by atoms with Crippen molar-refractivity contribution in [3.63, 3.8) is 0 Å². The highest BCUT2D eigenvalue weighted by atomic mass is 32.1. The maximum Gasteiger partial charge on any atom is 0.243 e. The van der Waals surface area contributed by atoms with Gasteiger partial charge in [-0.25, -0.2) is 4.98 Å². The summed E-state index contributed by atoms with van der Waals surface area (Å²) in [6.45, 7) is 2.47. The number of carbonyl (C=O) groups excluding carboxylic acids is 1. The number of fused-ring (bicyclic) bond motifs is 1. The number of carbonyl (C=O) groups is 1. The highest BCUT2D eigenvalue weighted by molar-refractivity contribution is 7.22. The molecule has 5 heteroatoms. The van der Waals surface area contributed by atoms with Crippen molar-refractivity contribution >= 4 is 38.3 Å². The van der Waals surface area contributed by atoms with Crippen molar-refractivity contribution in [2.24, 2.45) is 0 Å². The number of benzene rings is 2. The normalized spacial score (nSPS) is 10.8. The Hall–Kier alpha value is -2.40. The second-order valence-electron chi connectivity index (χ2n) is 6.17. The van der Waals surface area contributed by atoms with Crippen molar-refractivity contribution in [2.45, 2.75) is 26.2 Å². The van der Waals surface area contributed by atoms with Crippen LogP contribution in [0.15, 0.2) is 48.5 Å². The fraction of sp³-hybridized carbons (Fsp3) is 0.300. The molecule has 0 saturated heterocycles. The monoisotopic (exact) mass is 353 g/mol. The largest absolute Gasteiger partial charge is 0.342 e. The average molecular weight is 353 g/mol. The molecule has 1 amide bonds. The van der Waals surface area contributed by atoms with Gasteiger partial charge in [-0.3, -0.25) is 4.79 Å². The highest BCUT2D eigenvalue weighted by Crippen LogP contribution is 2.27. The van der Waals surface area contributed by atoms with E-state index in [1.807, 2.05) is 48.3 Å². The van der Waals surface area contributed by atoms with E-state index in [9.17, 15) is 4.79 Å². The lowest BCUT2D eigenvalue weighted by atomic mass is 10.1. The van der Waals surface area contributed by atoms with E-state index in [0.717, 1.165) is 27.5 Å². The molecule has 0 spiro atoms. The fourth-order valence-electron chi connectivity index (χ4n) is 2.64. The van der Waals surface area contributed by atoms with Crippen LogP contribution in [0, 0.1) is 0 Å². The number of anilines is 2. The van der Waals surface area contributed by atoms with Crippen LogP contribution in [0.4, 0.5) is 10.8 Å². The van der Waals surface area contributed by atoms with Gasteiger partial charge in [0, 0.05) is 12.7 Å². The van der Waals surface area contributed by atoms with E-state index in [0.29, 0.717) is 0 Å². The zero-order chi connectivity index (χ0) is 17.6. The predicted molar refractivity (Wildman–Crippen MR) is 107 cm³/mol. The van der Waals surface area contributed by atoms with E-state index in [1.54, 1.807) is 11.3 Å². The summed E-state index contributed by atoms with van der Waals surface area (Å²) in [7, 11) is 1.89. The average Bonchev–Trinajstić information content (AvgIpc) is 3.05. The molecule has 0 radical (unpaired) electrons. The number of hydrogen-bond donors (Lipinski definition) is 1. The molecule has 1 heterocycles. The number of thiazole rings is 1. The lowest BCUT2D eigenvalue weighted by molar-refractivity contribution is -0.114. The molecule has 1 N–H and O–H groups in total. The molecule has 3 aromatic rings. The minimum Gasteiger partial charge on any atom is -0.342 e. The summed E-state index contributed by atoms with van der Waals surface area (Å²) < 4.78 is 1.13. The summed E-state index contributed by atoms with van der Waals surface area (Å²) in [6.07, 6.45) is 3.47. The van der Waals surface area contributed by atoms with Crippen molar-refractivity contribution < 1.29 is 4.79 Å². The standard InChI is InChI=1S/C20H23N3OS/c1-3-4-7-15-10-12-16(13-11-15)21-19(24)14-23(2)20-22-17-8-5-6-9-18(17)25-20/h5-6,8-13H,3-4,7,14H2,1-2H3,(H,21,24). The molecule has 2 aromatic carbocycles. The van der Waals surface area contributed by atoms with Gasteiger partial charge in [-0.15, -0.1) is 0 Å². The number of hydrogen-bond acceptors (Lipinski definition) is 4. The van der Waals surface area contributed by atoms with E-state index in [2.05, 4.69) is 29.4 Å². The van der Waals surface area contributed by atoms with E-state index in [1.165, 1.54) is 18.4 Å². The topological polar surface area (TPSA) is 45.2 Å². The summed E-state index contributed by atoms with van der Waals surface area (Å²) >= 11 is 1.60. The van der Waals surface area contributed by atoms with Gasteiger partial charge >= 0.3 is 0 Å². The minimum absolute atomic E-state index is 0.0388. The zero-order valence-electron chi connectivity index (χ0n) is 14.7. The van der Waals surface area contributed by atoms with E-state index < -0.39 is 0 Å². The van der Waals surface area contributed by atoms with Gasteiger partial charge in [0.05, 0.1) is 16.8 Å². The number of aromatic nitrogens is 1. The van der Waals surface area contributed by atoms with Crippen LogP contribution >= 0.6 is 11.3 Å². The van der Waals surface area contributed by atoms with Crippen LogP contribution in [0.1, 0.15) is 25.3 Å². The molecule has 0 aliphatic heterocycles. The molecule has 0 unspecified atom stereocenters. The zero-order valence-corrected chi connectivity index (χ0v) is 15.5. The van der Waals surface area contributed by atoms with Crippen LogP contribution in [0.25, 0.3) is 10.2 Å². The maximum absolute atomic E-state index is 12.3. The Morgan fingerprint density at radius 1 is 1.16 bits per heavy atom. The van der Waals surface area contributed by atoms with Crippen molar-refractivity contribution in [2.75, 3.05) is 23.8 Å². The number of rotatable bonds is 7. The minimum atomic E-state index is -0.0388. The van der Waals surface area contributed by atoms with Gasteiger partial charge in [0.15, 0.2) is 5.13 Å². The van der Waals surface area contributed by atoms with Crippen LogP contribution in [0.5, 0.6) is 0 Å². The Labute approximate surface area is 152 Å². The first-order valence-corrected chi connectivity index (χ1v) is 9.43. The van der Waals surface area contributed by atoms with E-state index in [4.69, 9.17) is 0 Å². The second-order valence-corrected chi connectivity index (χ2v) is 7.18. The number of para-hydroxylation sites is 1. The number of nitrogens with zero attached hydrogens (tertiary/aromatic N) is 2. The molecule has 0 fully saturated rings. The second kappa shape index (κ2) is 8.12.